The molecule has 0 unspecified atom stereocenters. The maximum absolute atomic E-state index is 12.1. The molecule has 1 fully saturated rings. The monoisotopic (exact) mass is 344 g/mol. The van der Waals surface area contributed by atoms with Crippen LogP contribution in [-0.4, -0.2) is 28.9 Å². The van der Waals surface area contributed by atoms with Crippen molar-refractivity contribution in [3.05, 3.63) is 58.9 Å². The van der Waals surface area contributed by atoms with Crippen LogP contribution in [0.2, 0.25) is 5.02 Å². The topological polar surface area (TPSA) is 100 Å². The van der Waals surface area contributed by atoms with Crippen LogP contribution >= 0.6 is 11.6 Å². The molecule has 1 aliphatic heterocycles. The Morgan fingerprint density at radius 1 is 1.21 bits per heavy atom. The predicted molar refractivity (Wildman–Crippen MR) is 87.8 cm³/mol. The van der Waals surface area contributed by atoms with Gasteiger partial charge in [0.15, 0.2) is 0 Å². The number of hydrogen-bond donors (Lipinski definition) is 3. The van der Waals surface area contributed by atoms with Crippen LogP contribution in [0.3, 0.4) is 0 Å². The Kier molecular flexibility index (Phi) is 4.43. The van der Waals surface area contributed by atoms with Gasteiger partial charge in [-0.1, -0.05) is 23.7 Å². The molecule has 1 atom stereocenters. The molecule has 0 radical (unpaired) electrons. The fourth-order valence-electron chi connectivity index (χ4n) is 2.29. The van der Waals surface area contributed by atoms with E-state index in [2.05, 4.69) is 20.9 Å². The van der Waals surface area contributed by atoms with E-state index in [4.69, 9.17) is 11.6 Å². The minimum absolute atomic E-state index is 0.219. The van der Waals surface area contributed by atoms with E-state index >= 15 is 0 Å². The fourth-order valence-corrected chi connectivity index (χ4v) is 2.45. The predicted octanol–water partition coefficient (Wildman–Crippen LogP) is 1.74. The lowest BCUT2D eigenvalue weighted by atomic mass is 10.1. The van der Waals surface area contributed by atoms with Gasteiger partial charge in [0.2, 0.25) is 0 Å². The normalized spacial score (nSPS) is 16.5. The van der Waals surface area contributed by atoms with Crippen LogP contribution in [0.1, 0.15) is 16.1 Å². The van der Waals surface area contributed by atoms with Crippen LogP contribution in [0.15, 0.2) is 42.6 Å². The van der Waals surface area contributed by atoms with E-state index in [9.17, 15) is 14.4 Å². The van der Waals surface area contributed by atoms with Crippen LogP contribution in [0.25, 0.3) is 0 Å². The number of nitrogens with zero attached hydrogens (tertiary/aromatic N) is 1. The number of carbonyl (C=O) groups is 3. The first-order valence-electron chi connectivity index (χ1n) is 7.14. The lowest BCUT2D eigenvalue weighted by Crippen LogP contribution is -2.31. The summed E-state index contributed by atoms with van der Waals surface area (Å²) in [6.45, 7) is 0. The number of aromatic nitrogens is 1. The van der Waals surface area contributed by atoms with Crippen molar-refractivity contribution in [2.45, 2.75) is 12.5 Å². The van der Waals surface area contributed by atoms with Crippen molar-refractivity contribution in [3.63, 3.8) is 0 Å². The van der Waals surface area contributed by atoms with Gasteiger partial charge in [0.25, 0.3) is 11.8 Å². The van der Waals surface area contributed by atoms with Gasteiger partial charge in [-0.25, -0.2) is 4.79 Å². The van der Waals surface area contributed by atoms with Crippen molar-refractivity contribution < 1.29 is 14.4 Å². The average Bonchev–Trinajstić information content (AvgIpc) is 2.87. The highest BCUT2D eigenvalue weighted by Gasteiger charge is 2.29. The number of hydrogen-bond acceptors (Lipinski definition) is 4. The molecule has 8 heteroatoms. The zero-order valence-electron chi connectivity index (χ0n) is 12.4. The fraction of sp³-hybridized carbons (Fsp3) is 0.125. The lowest BCUT2D eigenvalue weighted by molar-refractivity contribution is -0.120. The quantitative estimate of drug-likeness (QED) is 0.735. The third kappa shape index (κ3) is 3.69. The molecule has 7 nitrogen and oxygen atoms in total. The van der Waals surface area contributed by atoms with Gasteiger partial charge in [-0.15, -0.1) is 0 Å². The first-order chi connectivity index (χ1) is 11.5. The van der Waals surface area contributed by atoms with Gasteiger partial charge >= 0.3 is 6.03 Å². The summed E-state index contributed by atoms with van der Waals surface area (Å²) >= 11 is 5.83. The molecule has 0 saturated carbocycles. The van der Waals surface area contributed by atoms with Gasteiger partial charge < -0.3 is 10.6 Å². The van der Waals surface area contributed by atoms with E-state index in [0.717, 1.165) is 5.56 Å². The Labute approximate surface area is 142 Å². The van der Waals surface area contributed by atoms with E-state index in [1.54, 1.807) is 30.3 Å². The zero-order chi connectivity index (χ0) is 17.1. The molecule has 1 aliphatic rings. The second-order valence-electron chi connectivity index (χ2n) is 5.23. The highest BCUT2D eigenvalue weighted by molar-refractivity contribution is 6.30. The largest absolute Gasteiger partial charge is 0.326 e. The van der Waals surface area contributed by atoms with Gasteiger partial charge in [0, 0.05) is 23.3 Å². The lowest BCUT2D eigenvalue weighted by Gasteiger charge is -2.09. The van der Waals surface area contributed by atoms with Crippen LogP contribution in [0, 0.1) is 0 Å². The second kappa shape index (κ2) is 6.67. The van der Waals surface area contributed by atoms with Crippen molar-refractivity contribution in [3.8, 4) is 0 Å². The molecule has 0 aliphatic carbocycles. The molecule has 0 bridgehead atoms. The van der Waals surface area contributed by atoms with Gasteiger partial charge in [-0.2, -0.15) is 0 Å². The number of urea groups is 1. The summed E-state index contributed by atoms with van der Waals surface area (Å²) in [6.07, 6.45) is 1.84. The summed E-state index contributed by atoms with van der Waals surface area (Å²) in [6, 6.07) is 8.99. The maximum atomic E-state index is 12.1. The molecule has 3 rings (SSSR count). The number of carbonyl (C=O) groups excluding carboxylic acids is 3. The number of anilines is 1. The minimum atomic E-state index is -0.575. The summed E-state index contributed by atoms with van der Waals surface area (Å²) < 4.78 is 0. The molecular formula is C16H13ClN4O3. The Morgan fingerprint density at radius 3 is 2.58 bits per heavy atom. The Balaban J connectivity index is 1.63. The molecule has 1 aromatic carbocycles. The number of nitrogens with one attached hydrogen (secondary N) is 3. The number of imide groups is 1. The van der Waals surface area contributed by atoms with E-state index in [0.29, 0.717) is 17.1 Å². The number of halogens is 1. The molecule has 2 aromatic rings. The van der Waals surface area contributed by atoms with Crippen LogP contribution < -0.4 is 16.0 Å². The molecule has 24 heavy (non-hydrogen) atoms. The molecule has 4 amide bonds. The average molecular weight is 345 g/mol. The van der Waals surface area contributed by atoms with Gasteiger partial charge in [0.1, 0.15) is 11.7 Å². The molecule has 1 saturated heterocycles. The molecule has 3 N–H and O–H groups in total. The molecule has 1 aromatic heterocycles. The zero-order valence-corrected chi connectivity index (χ0v) is 13.1. The summed E-state index contributed by atoms with van der Waals surface area (Å²) in [5.41, 5.74) is 1.67. The summed E-state index contributed by atoms with van der Waals surface area (Å²) in [5, 5.41) is 7.86. The van der Waals surface area contributed by atoms with Crippen molar-refractivity contribution in [1.82, 2.24) is 15.6 Å². The summed E-state index contributed by atoms with van der Waals surface area (Å²) in [5.74, 6) is -0.711. The van der Waals surface area contributed by atoms with Gasteiger partial charge in [-0.05, 0) is 29.8 Å². The number of pyridine rings is 1. The minimum Gasteiger partial charge on any atom is -0.326 e. The number of rotatable bonds is 4. The molecule has 2 heterocycles. The first-order valence-corrected chi connectivity index (χ1v) is 7.52. The van der Waals surface area contributed by atoms with Crippen LogP contribution in [0.4, 0.5) is 10.5 Å². The number of benzene rings is 1. The Hall–Kier alpha value is -2.93. The molecule has 0 spiro atoms. The van der Waals surface area contributed by atoms with E-state index < -0.39 is 12.1 Å². The van der Waals surface area contributed by atoms with Crippen molar-refractivity contribution in [2.75, 3.05) is 5.32 Å². The van der Waals surface area contributed by atoms with E-state index in [1.807, 2.05) is 0 Å². The SMILES string of the molecule is O=C1NC(=O)[C@@H](Cc2ccc(NC(=O)c3cc(Cl)ccn3)cc2)N1. The van der Waals surface area contributed by atoms with E-state index in [-0.39, 0.29) is 17.5 Å². The molecule has 122 valence electrons. The Bertz CT molecular complexity index is 807. The highest BCUT2D eigenvalue weighted by Crippen LogP contribution is 2.14. The van der Waals surface area contributed by atoms with Crippen LogP contribution in [0.5, 0.6) is 0 Å². The summed E-state index contributed by atoms with van der Waals surface area (Å²) in [7, 11) is 0. The Morgan fingerprint density at radius 2 is 1.96 bits per heavy atom. The first kappa shape index (κ1) is 15.9. The van der Waals surface area contributed by atoms with Crippen molar-refractivity contribution in [1.29, 1.82) is 0 Å². The standard InChI is InChI=1S/C16H13ClN4O3/c17-10-5-6-18-12(8-10)14(22)19-11-3-1-9(2-4-11)7-13-15(23)21-16(24)20-13/h1-6,8,13H,7H2,(H,19,22)(H2,20,21,23,24)/t13-/m1/s1. The third-order valence-electron chi connectivity index (χ3n) is 3.46. The second-order valence-corrected chi connectivity index (χ2v) is 5.67. The molecular weight excluding hydrogens is 332 g/mol. The van der Waals surface area contributed by atoms with Crippen LogP contribution in [-0.2, 0) is 11.2 Å². The smallest absolute Gasteiger partial charge is 0.322 e. The highest BCUT2D eigenvalue weighted by atomic mass is 35.5. The van der Waals surface area contributed by atoms with E-state index in [1.165, 1.54) is 12.3 Å². The third-order valence-corrected chi connectivity index (χ3v) is 3.70. The van der Waals surface area contributed by atoms with Crippen molar-refractivity contribution >= 4 is 35.1 Å². The van der Waals surface area contributed by atoms with Gasteiger partial charge in [-0.3, -0.25) is 19.9 Å². The van der Waals surface area contributed by atoms with Gasteiger partial charge in [0.05, 0.1) is 0 Å². The maximum Gasteiger partial charge on any atom is 0.322 e. The number of amides is 4. The summed E-state index contributed by atoms with van der Waals surface area (Å²) in [4.78, 5) is 38.6. The van der Waals surface area contributed by atoms with Crippen molar-refractivity contribution in [2.24, 2.45) is 0 Å².